The molecule has 1 aromatic rings. The number of carbonyl (C=O) groups is 2. The maximum Gasteiger partial charge on any atom is 0.252 e. The zero-order valence-corrected chi connectivity index (χ0v) is 10.5. The number of unbranched alkanes of at least 4 members (excludes halogenated alkanes) is 2. The van der Waals surface area contributed by atoms with Gasteiger partial charge in [-0.3, -0.25) is 14.6 Å². The minimum Gasteiger partial charge on any atom is -0.368 e. The molecule has 0 aliphatic rings. The fourth-order valence-corrected chi connectivity index (χ4v) is 1.58. The van der Waals surface area contributed by atoms with Gasteiger partial charge in [-0.1, -0.05) is 0 Å². The Kier molecular flexibility index (Phi) is 6.03. The van der Waals surface area contributed by atoms with E-state index in [1.807, 2.05) is 6.07 Å². The summed E-state index contributed by atoms with van der Waals surface area (Å²) in [5.74, 6) is -0.925. The van der Waals surface area contributed by atoms with Gasteiger partial charge < -0.3 is 11.1 Å². The average Bonchev–Trinajstić information content (AvgIpc) is 2.42. The minimum absolute atomic E-state index is 0.355. The number of carbonyl (C=O) groups excluding carboxylic acids is 2. The van der Waals surface area contributed by atoms with E-state index in [-0.39, 0.29) is 5.91 Å². The van der Waals surface area contributed by atoms with E-state index < -0.39 is 11.9 Å². The quantitative estimate of drug-likeness (QED) is 0.705. The van der Waals surface area contributed by atoms with Crippen LogP contribution in [0.5, 0.6) is 0 Å². The summed E-state index contributed by atoms with van der Waals surface area (Å²) in [5.41, 5.74) is 5.68. The topological polar surface area (TPSA) is 109 Å². The van der Waals surface area contributed by atoms with Gasteiger partial charge in [-0.25, -0.2) is 0 Å². The standard InChI is InChI=1S/C13H16N4O2/c14-7-3-1-2-4-11(12(15)18)17-13(19)10-5-8-16-9-6-10/h5-6,8-9,11H,1-4H2,(H2,15,18)(H,17,19)/t11-/m1/s1. The fraction of sp³-hybridized carbons (Fsp3) is 0.385. The van der Waals surface area contributed by atoms with Crippen LogP contribution < -0.4 is 11.1 Å². The van der Waals surface area contributed by atoms with Crippen molar-refractivity contribution in [3.05, 3.63) is 30.1 Å². The Balaban J connectivity index is 2.52. The highest BCUT2D eigenvalue weighted by atomic mass is 16.2. The molecule has 0 saturated carbocycles. The number of hydrogen-bond donors (Lipinski definition) is 2. The van der Waals surface area contributed by atoms with Crippen LogP contribution in [-0.2, 0) is 4.79 Å². The number of amides is 2. The molecule has 3 N–H and O–H groups in total. The fourth-order valence-electron chi connectivity index (χ4n) is 1.58. The van der Waals surface area contributed by atoms with Crippen LogP contribution >= 0.6 is 0 Å². The van der Waals surface area contributed by atoms with Gasteiger partial charge in [-0.15, -0.1) is 0 Å². The molecule has 0 aromatic carbocycles. The number of nitriles is 1. The molecule has 0 aliphatic carbocycles. The van der Waals surface area contributed by atoms with E-state index in [2.05, 4.69) is 10.3 Å². The van der Waals surface area contributed by atoms with Gasteiger partial charge >= 0.3 is 0 Å². The lowest BCUT2D eigenvalue weighted by molar-refractivity contribution is -0.120. The molecule has 0 saturated heterocycles. The Hall–Kier alpha value is -2.42. The molecule has 0 aliphatic heterocycles. The molecule has 1 aromatic heterocycles. The van der Waals surface area contributed by atoms with Crippen molar-refractivity contribution in [2.75, 3.05) is 0 Å². The molecular weight excluding hydrogens is 244 g/mol. The lowest BCUT2D eigenvalue weighted by Gasteiger charge is -2.15. The van der Waals surface area contributed by atoms with Crippen LogP contribution in [0, 0.1) is 11.3 Å². The molecule has 0 unspecified atom stereocenters. The zero-order chi connectivity index (χ0) is 14.1. The van der Waals surface area contributed by atoms with Gasteiger partial charge in [-0.05, 0) is 31.4 Å². The van der Waals surface area contributed by atoms with E-state index in [0.717, 1.165) is 0 Å². The van der Waals surface area contributed by atoms with Gasteiger partial charge in [0.2, 0.25) is 5.91 Å². The summed E-state index contributed by atoms with van der Waals surface area (Å²) < 4.78 is 0. The molecular formula is C13H16N4O2. The highest BCUT2D eigenvalue weighted by molar-refractivity contribution is 5.97. The van der Waals surface area contributed by atoms with E-state index in [1.54, 1.807) is 12.1 Å². The van der Waals surface area contributed by atoms with Crippen molar-refractivity contribution < 1.29 is 9.59 Å². The number of nitrogens with zero attached hydrogens (tertiary/aromatic N) is 2. The molecule has 1 rings (SSSR count). The predicted molar refractivity (Wildman–Crippen MR) is 68.8 cm³/mol. The Bertz CT molecular complexity index is 467. The first-order valence-electron chi connectivity index (χ1n) is 6.02. The van der Waals surface area contributed by atoms with Crippen LogP contribution in [-0.4, -0.2) is 22.8 Å². The van der Waals surface area contributed by atoms with Crippen molar-refractivity contribution in [2.24, 2.45) is 5.73 Å². The van der Waals surface area contributed by atoms with Gasteiger partial charge in [-0.2, -0.15) is 5.26 Å². The lowest BCUT2D eigenvalue weighted by atomic mass is 10.1. The van der Waals surface area contributed by atoms with E-state index in [4.69, 9.17) is 11.0 Å². The van der Waals surface area contributed by atoms with Crippen LogP contribution in [0.15, 0.2) is 24.5 Å². The summed E-state index contributed by atoms with van der Waals surface area (Å²) in [5, 5.41) is 11.0. The average molecular weight is 260 g/mol. The largest absolute Gasteiger partial charge is 0.368 e. The summed E-state index contributed by atoms with van der Waals surface area (Å²) in [6, 6.07) is 4.44. The smallest absolute Gasteiger partial charge is 0.252 e. The monoisotopic (exact) mass is 260 g/mol. The van der Waals surface area contributed by atoms with Gasteiger partial charge in [0, 0.05) is 24.4 Å². The molecule has 0 radical (unpaired) electrons. The number of pyridine rings is 1. The molecule has 0 bridgehead atoms. The zero-order valence-electron chi connectivity index (χ0n) is 10.5. The van der Waals surface area contributed by atoms with E-state index >= 15 is 0 Å². The SMILES string of the molecule is N#CCCCC[C@@H](NC(=O)c1ccncc1)C(N)=O. The first-order valence-corrected chi connectivity index (χ1v) is 6.02. The van der Waals surface area contributed by atoms with Crippen molar-refractivity contribution in [3.8, 4) is 6.07 Å². The molecule has 6 heteroatoms. The lowest BCUT2D eigenvalue weighted by Crippen LogP contribution is -2.44. The van der Waals surface area contributed by atoms with Crippen molar-refractivity contribution in [1.29, 1.82) is 5.26 Å². The number of nitrogens with two attached hydrogens (primary N) is 1. The second-order valence-electron chi connectivity index (χ2n) is 4.07. The van der Waals surface area contributed by atoms with Gasteiger partial charge in [0.1, 0.15) is 6.04 Å². The maximum absolute atomic E-state index is 11.8. The van der Waals surface area contributed by atoms with E-state index in [1.165, 1.54) is 12.4 Å². The van der Waals surface area contributed by atoms with Gasteiger partial charge in [0.15, 0.2) is 0 Å². The number of nitrogens with one attached hydrogen (secondary N) is 1. The molecule has 19 heavy (non-hydrogen) atoms. The van der Waals surface area contributed by atoms with Crippen LogP contribution in [0.3, 0.4) is 0 Å². The van der Waals surface area contributed by atoms with Gasteiger partial charge in [0.05, 0.1) is 6.07 Å². The second kappa shape index (κ2) is 7.82. The maximum atomic E-state index is 11.8. The van der Waals surface area contributed by atoms with E-state index in [9.17, 15) is 9.59 Å². The first kappa shape index (κ1) is 14.6. The summed E-state index contributed by atoms with van der Waals surface area (Å²) in [6.45, 7) is 0. The van der Waals surface area contributed by atoms with Crippen molar-refractivity contribution in [3.63, 3.8) is 0 Å². The van der Waals surface area contributed by atoms with Gasteiger partial charge in [0.25, 0.3) is 5.91 Å². The van der Waals surface area contributed by atoms with Crippen molar-refractivity contribution in [2.45, 2.75) is 31.7 Å². The normalized spacial score (nSPS) is 11.3. The van der Waals surface area contributed by atoms with Crippen LogP contribution in [0.2, 0.25) is 0 Å². The second-order valence-corrected chi connectivity index (χ2v) is 4.07. The molecule has 2 amide bonds. The molecule has 0 spiro atoms. The molecule has 100 valence electrons. The van der Waals surface area contributed by atoms with Crippen LogP contribution in [0.25, 0.3) is 0 Å². The summed E-state index contributed by atoms with van der Waals surface area (Å²) in [4.78, 5) is 26.9. The Morgan fingerprint density at radius 3 is 2.63 bits per heavy atom. The Morgan fingerprint density at radius 1 is 1.37 bits per heavy atom. The van der Waals surface area contributed by atoms with Crippen LogP contribution in [0.1, 0.15) is 36.0 Å². The number of hydrogen-bond acceptors (Lipinski definition) is 4. The summed E-state index contributed by atoms with van der Waals surface area (Å²) in [7, 11) is 0. The predicted octanol–water partition coefficient (Wildman–Crippen LogP) is 0.749. The number of rotatable bonds is 7. The molecule has 6 nitrogen and oxygen atoms in total. The minimum atomic E-state index is -0.709. The van der Waals surface area contributed by atoms with Crippen molar-refractivity contribution in [1.82, 2.24) is 10.3 Å². The highest BCUT2D eigenvalue weighted by Crippen LogP contribution is 2.05. The molecule has 1 atom stereocenters. The third kappa shape index (κ3) is 5.17. The highest BCUT2D eigenvalue weighted by Gasteiger charge is 2.18. The molecule has 0 fully saturated rings. The third-order valence-electron chi connectivity index (χ3n) is 2.62. The van der Waals surface area contributed by atoms with Crippen molar-refractivity contribution >= 4 is 11.8 Å². The third-order valence-corrected chi connectivity index (χ3v) is 2.62. The molecule has 1 heterocycles. The summed E-state index contributed by atoms with van der Waals surface area (Å²) >= 11 is 0. The first-order chi connectivity index (χ1) is 9.15. The summed E-state index contributed by atoms with van der Waals surface area (Å²) in [6.07, 6.45) is 5.23. The number of aromatic nitrogens is 1. The van der Waals surface area contributed by atoms with E-state index in [0.29, 0.717) is 31.2 Å². The Morgan fingerprint density at radius 2 is 2.05 bits per heavy atom. The Labute approximate surface area is 111 Å². The van der Waals surface area contributed by atoms with Crippen LogP contribution in [0.4, 0.5) is 0 Å². The number of primary amides is 1.